The van der Waals surface area contributed by atoms with E-state index in [0.717, 1.165) is 5.75 Å². The van der Waals surface area contributed by atoms with Crippen LogP contribution in [0, 0.1) is 5.92 Å². The molecule has 1 atom stereocenters. The minimum Gasteiger partial charge on any atom is -0.494 e. The molecule has 0 saturated heterocycles. The quantitative estimate of drug-likeness (QED) is 0.481. The molecular weight excluding hydrogens is 334 g/mol. The Balaban J connectivity index is 1.86. The molecule has 26 heavy (non-hydrogen) atoms. The lowest BCUT2D eigenvalue weighted by molar-refractivity contribution is -0.146. The maximum atomic E-state index is 12.6. The molecule has 0 aliphatic heterocycles. The van der Waals surface area contributed by atoms with Crippen molar-refractivity contribution in [2.45, 2.75) is 26.3 Å². The third kappa shape index (κ3) is 6.27. The molecular formula is C20H25NO5. The van der Waals surface area contributed by atoms with E-state index in [-0.39, 0.29) is 18.4 Å². The van der Waals surface area contributed by atoms with Gasteiger partial charge >= 0.3 is 5.97 Å². The van der Waals surface area contributed by atoms with E-state index in [1.807, 2.05) is 36.4 Å². The fourth-order valence-electron chi connectivity index (χ4n) is 2.54. The molecule has 0 aliphatic carbocycles. The van der Waals surface area contributed by atoms with Crippen LogP contribution >= 0.6 is 0 Å². The van der Waals surface area contributed by atoms with Crippen LogP contribution in [-0.2, 0) is 20.9 Å². The molecule has 0 N–H and O–H groups in total. The Hall–Kier alpha value is -2.76. The summed E-state index contributed by atoms with van der Waals surface area (Å²) >= 11 is 0. The first-order chi connectivity index (χ1) is 12.6. The molecule has 0 fully saturated rings. The van der Waals surface area contributed by atoms with Gasteiger partial charge in [0.05, 0.1) is 32.4 Å². The number of nitrogens with zero attached hydrogens (tertiary/aromatic N) is 1. The molecule has 1 unspecified atom stereocenters. The molecule has 1 aromatic heterocycles. The number of benzene rings is 1. The lowest BCUT2D eigenvalue weighted by Crippen LogP contribution is -2.36. The zero-order valence-electron chi connectivity index (χ0n) is 15.2. The van der Waals surface area contributed by atoms with Crippen LogP contribution in [0.5, 0.6) is 5.75 Å². The van der Waals surface area contributed by atoms with Gasteiger partial charge < -0.3 is 18.8 Å². The minimum atomic E-state index is -0.403. The smallest absolute Gasteiger partial charge is 0.310 e. The number of para-hydroxylation sites is 1. The van der Waals surface area contributed by atoms with Crippen LogP contribution in [0.15, 0.2) is 53.1 Å². The van der Waals surface area contributed by atoms with E-state index >= 15 is 0 Å². The summed E-state index contributed by atoms with van der Waals surface area (Å²) in [6, 6.07) is 13.1. The number of carbonyl (C=O) groups excluding carboxylic acids is 2. The van der Waals surface area contributed by atoms with Gasteiger partial charge in [0.1, 0.15) is 11.5 Å². The summed E-state index contributed by atoms with van der Waals surface area (Å²) in [4.78, 5) is 25.9. The molecule has 140 valence electrons. The van der Waals surface area contributed by atoms with Gasteiger partial charge in [-0.1, -0.05) is 25.1 Å². The first-order valence-corrected chi connectivity index (χ1v) is 8.66. The Kier molecular flexibility index (Phi) is 7.74. The van der Waals surface area contributed by atoms with Crippen LogP contribution in [-0.4, -0.2) is 37.0 Å². The number of amides is 1. The number of furan rings is 1. The molecule has 2 rings (SSSR count). The lowest BCUT2D eigenvalue weighted by atomic mass is 10.1. The van der Waals surface area contributed by atoms with Crippen LogP contribution in [0.1, 0.15) is 25.5 Å². The number of hydrogen-bond donors (Lipinski definition) is 0. The zero-order chi connectivity index (χ0) is 18.8. The van der Waals surface area contributed by atoms with E-state index in [2.05, 4.69) is 0 Å². The van der Waals surface area contributed by atoms with Gasteiger partial charge in [0.25, 0.3) is 0 Å². The molecule has 1 heterocycles. The van der Waals surface area contributed by atoms with E-state index in [1.165, 1.54) is 7.11 Å². The van der Waals surface area contributed by atoms with Crippen molar-refractivity contribution in [1.82, 2.24) is 4.90 Å². The maximum absolute atomic E-state index is 12.6. The molecule has 1 amide bonds. The molecule has 6 heteroatoms. The summed E-state index contributed by atoms with van der Waals surface area (Å²) in [5, 5.41) is 0. The topological polar surface area (TPSA) is 69.0 Å². The molecule has 0 spiro atoms. The Morgan fingerprint density at radius 2 is 1.92 bits per heavy atom. The third-order valence-corrected chi connectivity index (χ3v) is 3.92. The Morgan fingerprint density at radius 3 is 2.58 bits per heavy atom. The van der Waals surface area contributed by atoms with Crippen LogP contribution in [0.4, 0.5) is 0 Å². The normalized spacial score (nSPS) is 11.6. The van der Waals surface area contributed by atoms with Gasteiger partial charge in [-0.15, -0.1) is 0 Å². The molecule has 1 aromatic carbocycles. The maximum Gasteiger partial charge on any atom is 0.310 e. The second-order valence-corrected chi connectivity index (χ2v) is 6.04. The van der Waals surface area contributed by atoms with Gasteiger partial charge in [-0.3, -0.25) is 9.59 Å². The van der Waals surface area contributed by atoms with Crippen molar-refractivity contribution in [2.24, 2.45) is 5.92 Å². The van der Waals surface area contributed by atoms with Crippen LogP contribution in [0.2, 0.25) is 0 Å². The highest BCUT2D eigenvalue weighted by Crippen LogP contribution is 2.13. The van der Waals surface area contributed by atoms with Gasteiger partial charge in [-0.05, 0) is 30.7 Å². The predicted octanol–water partition coefficient (Wildman–Crippen LogP) is 3.28. The van der Waals surface area contributed by atoms with Crippen LogP contribution < -0.4 is 4.74 Å². The van der Waals surface area contributed by atoms with Gasteiger partial charge in [0.2, 0.25) is 5.91 Å². The minimum absolute atomic E-state index is 0.0474. The van der Waals surface area contributed by atoms with E-state index in [0.29, 0.717) is 31.8 Å². The monoisotopic (exact) mass is 359 g/mol. The number of esters is 1. The highest BCUT2D eigenvalue weighted by atomic mass is 16.5. The van der Waals surface area contributed by atoms with E-state index < -0.39 is 5.92 Å². The van der Waals surface area contributed by atoms with Crippen molar-refractivity contribution in [2.75, 3.05) is 20.3 Å². The van der Waals surface area contributed by atoms with E-state index in [9.17, 15) is 9.59 Å². The number of methoxy groups -OCH3 is 1. The van der Waals surface area contributed by atoms with Crippen molar-refractivity contribution in [3.05, 3.63) is 54.5 Å². The second-order valence-electron chi connectivity index (χ2n) is 6.04. The highest BCUT2D eigenvalue weighted by Gasteiger charge is 2.22. The van der Waals surface area contributed by atoms with Crippen molar-refractivity contribution in [3.63, 3.8) is 0 Å². The summed E-state index contributed by atoms with van der Waals surface area (Å²) in [5.41, 5.74) is 0. The van der Waals surface area contributed by atoms with Crippen molar-refractivity contribution in [1.29, 1.82) is 0 Å². The molecule has 0 aliphatic rings. The van der Waals surface area contributed by atoms with Gasteiger partial charge in [-0.25, -0.2) is 0 Å². The number of ether oxygens (including phenoxy) is 2. The van der Waals surface area contributed by atoms with Crippen molar-refractivity contribution >= 4 is 11.9 Å². The largest absolute Gasteiger partial charge is 0.494 e. The first kappa shape index (κ1) is 19.6. The summed E-state index contributed by atoms with van der Waals surface area (Å²) in [6.07, 6.45) is 2.49. The van der Waals surface area contributed by atoms with Gasteiger partial charge in [0, 0.05) is 13.0 Å². The molecule has 0 saturated carbocycles. The second kappa shape index (κ2) is 10.3. The number of hydrogen-bond acceptors (Lipinski definition) is 5. The zero-order valence-corrected chi connectivity index (χ0v) is 15.2. The lowest BCUT2D eigenvalue weighted by Gasteiger charge is -2.24. The molecule has 2 aromatic rings. The Bertz CT molecular complexity index is 669. The Morgan fingerprint density at radius 1 is 1.15 bits per heavy atom. The Labute approximate surface area is 153 Å². The predicted molar refractivity (Wildman–Crippen MR) is 96.5 cm³/mol. The average Bonchev–Trinajstić information content (AvgIpc) is 3.17. The third-order valence-electron chi connectivity index (χ3n) is 3.92. The summed E-state index contributed by atoms with van der Waals surface area (Å²) in [7, 11) is 1.35. The van der Waals surface area contributed by atoms with E-state index in [1.54, 1.807) is 24.2 Å². The van der Waals surface area contributed by atoms with Crippen LogP contribution in [0.25, 0.3) is 0 Å². The first-order valence-electron chi connectivity index (χ1n) is 8.66. The fourth-order valence-corrected chi connectivity index (χ4v) is 2.54. The van der Waals surface area contributed by atoms with E-state index in [4.69, 9.17) is 13.9 Å². The fraction of sp³-hybridized carbons (Fsp3) is 0.400. The highest BCUT2D eigenvalue weighted by molar-refractivity contribution is 5.77. The molecule has 0 bridgehead atoms. The molecule has 6 nitrogen and oxygen atoms in total. The van der Waals surface area contributed by atoms with Gasteiger partial charge in [-0.2, -0.15) is 0 Å². The summed E-state index contributed by atoms with van der Waals surface area (Å²) in [5.74, 6) is 0.672. The molecule has 0 radical (unpaired) electrons. The van der Waals surface area contributed by atoms with Crippen molar-refractivity contribution < 1.29 is 23.5 Å². The number of rotatable bonds is 10. The van der Waals surface area contributed by atoms with Gasteiger partial charge in [0.15, 0.2) is 0 Å². The number of carbonyl (C=O) groups is 2. The summed E-state index contributed by atoms with van der Waals surface area (Å²) in [6.45, 7) is 2.81. The summed E-state index contributed by atoms with van der Waals surface area (Å²) < 4.78 is 15.7. The van der Waals surface area contributed by atoms with Crippen molar-refractivity contribution in [3.8, 4) is 5.75 Å². The SMILES string of the molecule is COC(=O)C(C)CN(Cc1ccco1)C(=O)CCCOc1ccccc1. The average molecular weight is 359 g/mol. The van der Waals surface area contributed by atoms with Crippen LogP contribution in [0.3, 0.4) is 0 Å². The standard InChI is InChI=1S/C20H25NO5/c1-16(20(23)24-2)14-21(15-18-10-6-12-26-18)19(22)11-7-13-25-17-8-4-3-5-9-17/h3-6,8-10,12,16H,7,11,13-15H2,1-2H3.